The Morgan fingerprint density at radius 1 is 1.13 bits per heavy atom. The molecule has 12 nitrogen and oxygen atoms in total. The highest BCUT2D eigenvalue weighted by Crippen LogP contribution is 2.32. The van der Waals surface area contributed by atoms with Gasteiger partial charge in [-0.1, -0.05) is 25.3 Å². The van der Waals surface area contributed by atoms with E-state index in [0.717, 1.165) is 31.5 Å². The first-order valence-corrected chi connectivity index (χ1v) is 16.4. The van der Waals surface area contributed by atoms with Crippen molar-refractivity contribution >= 4 is 29.0 Å². The molecule has 2 amide bonds. The molecule has 3 aromatic rings. The van der Waals surface area contributed by atoms with E-state index in [9.17, 15) is 9.59 Å². The van der Waals surface area contributed by atoms with Gasteiger partial charge in [0, 0.05) is 44.3 Å². The van der Waals surface area contributed by atoms with Crippen molar-refractivity contribution < 1.29 is 18.7 Å². The van der Waals surface area contributed by atoms with Crippen LogP contribution in [-0.2, 0) is 9.53 Å². The van der Waals surface area contributed by atoms with E-state index in [4.69, 9.17) is 15.5 Å². The maximum Gasteiger partial charge on any atom is 0.291 e. The second-order valence-corrected chi connectivity index (χ2v) is 12.7. The van der Waals surface area contributed by atoms with Gasteiger partial charge in [-0.05, 0) is 51.7 Å². The minimum absolute atomic E-state index is 0.0654. The summed E-state index contributed by atoms with van der Waals surface area (Å²) in [5.74, 6) is 0.440. The van der Waals surface area contributed by atoms with E-state index in [-0.39, 0.29) is 35.8 Å². The van der Waals surface area contributed by atoms with Gasteiger partial charge in [0.2, 0.25) is 5.91 Å². The van der Waals surface area contributed by atoms with Crippen LogP contribution in [0.15, 0.2) is 30.5 Å². The second-order valence-electron chi connectivity index (χ2n) is 12.7. The largest absolute Gasteiger partial charge is 0.373 e. The number of piperidine rings is 1. The van der Waals surface area contributed by atoms with E-state index in [1.807, 2.05) is 17.9 Å². The topological polar surface area (TPSA) is 154 Å². The number of morpholine rings is 1. The van der Waals surface area contributed by atoms with Crippen molar-refractivity contribution in [2.24, 2.45) is 11.7 Å². The van der Waals surface area contributed by atoms with Crippen LogP contribution >= 0.6 is 0 Å². The summed E-state index contributed by atoms with van der Waals surface area (Å²) in [7, 11) is 0. The molecule has 3 atom stereocenters. The summed E-state index contributed by atoms with van der Waals surface area (Å²) in [4.78, 5) is 47.3. The molecule has 1 aromatic carbocycles. The number of amides is 2. The first kappa shape index (κ1) is 31.9. The van der Waals surface area contributed by atoms with Crippen molar-refractivity contribution in [3.8, 4) is 11.4 Å². The fourth-order valence-electron chi connectivity index (χ4n) is 6.79. The highest BCUT2D eigenvalue weighted by atomic mass is 19.1. The monoisotopic (exact) mass is 633 g/mol. The molecule has 0 bridgehead atoms. The highest BCUT2D eigenvalue weighted by Gasteiger charge is 2.32. The normalized spacial score (nSPS) is 22.5. The Morgan fingerprint density at radius 2 is 1.96 bits per heavy atom. The van der Waals surface area contributed by atoms with E-state index in [1.165, 1.54) is 25.3 Å². The summed E-state index contributed by atoms with van der Waals surface area (Å²) in [6.45, 7) is 6.18. The molecule has 0 radical (unpaired) electrons. The molecule has 0 spiro atoms. The van der Waals surface area contributed by atoms with Crippen LogP contribution < -0.4 is 26.2 Å². The number of nitrogens with two attached hydrogens (primary N) is 1. The molecular formula is C33H44FN9O3. The summed E-state index contributed by atoms with van der Waals surface area (Å²) in [5, 5.41) is 6.12. The fourth-order valence-corrected chi connectivity index (χ4v) is 6.79. The standard InChI is InChI=1S/C33H44FN9O3/c1-20-11-12-22(32(44)39-23-7-4-3-5-8-23)18-43(20)29-15-27(37-21(2)38-29)28-17-36-31(40-28)33(45)41-26-10-6-9-25(34)30(26)42-13-14-46-24(16-35)19-42/h6,9-10,15,17,20,22-24H,3-5,7-8,11-14,16,18-19,35H2,1-2H3,(H,36,40)(H,39,44)(H,41,45)/t20-,22+,24+/m1/s1. The third-order valence-electron chi connectivity index (χ3n) is 9.34. The number of anilines is 3. The first-order valence-electron chi connectivity index (χ1n) is 16.4. The number of ether oxygens (including phenoxy) is 1. The van der Waals surface area contributed by atoms with Crippen molar-refractivity contribution in [3.05, 3.63) is 47.9 Å². The number of imidazole rings is 1. The summed E-state index contributed by atoms with van der Waals surface area (Å²) < 4.78 is 20.7. The van der Waals surface area contributed by atoms with Crippen LogP contribution in [0.4, 0.5) is 21.6 Å². The molecule has 1 aliphatic carbocycles. The van der Waals surface area contributed by atoms with Crippen molar-refractivity contribution in [2.45, 2.75) is 77.0 Å². The predicted octanol–water partition coefficient (Wildman–Crippen LogP) is 3.78. The number of H-pyrrole nitrogens is 1. The molecule has 3 fully saturated rings. The zero-order valence-electron chi connectivity index (χ0n) is 26.6. The first-order chi connectivity index (χ1) is 22.3. The van der Waals surface area contributed by atoms with Gasteiger partial charge in [0.15, 0.2) is 5.82 Å². The second kappa shape index (κ2) is 14.1. The van der Waals surface area contributed by atoms with Crippen LogP contribution in [-0.4, -0.2) is 82.7 Å². The quantitative estimate of drug-likeness (QED) is 0.290. The van der Waals surface area contributed by atoms with Crippen LogP contribution in [0.3, 0.4) is 0 Å². The van der Waals surface area contributed by atoms with Gasteiger partial charge in [0.25, 0.3) is 5.91 Å². The van der Waals surface area contributed by atoms with Crippen LogP contribution in [0.1, 0.15) is 68.3 Å². The number of aromatic nitrogens is 4. The van der Waals surface area contributed by atoms with Gasteiger partial charge in [0.1, 0.15) is 17.5 Å². The maximum atomic E-state index is 15.0. The number of aryl methyl sites for hydroxylation is 1. The summed E-state index contributed by atoms with van der Waals surface area (Å²) >= 11 is 0. The van der Waals surface area contributed by atoms with E-state index in [0.29, 0.717) is 61.4 Å². The lowest BCUT2D eigenvalue weighted by Gasteiger charge is -2.39. The number of nitrogens with zero attached hydrogens (tertiary/aromatic N) is 5. The molecule has 4 heterocycles. The Kier molecular flexibility index (Phi) is 9.78. The Hall–Kier alpha value is -4.10. The molecule has 0 unspecified atom stereocenters. The Balaban J connectivity index is 1.17. The van der Waals surface area contributed by atoms with E-state index in [1.54, 1.807) is 18.3 Å². The van der Waals surface area contributed by atoms with E-state index >= 15 is 4.39 Å². The van der Waals surface area contributed by atoms with Gasteiger partial charge >= 0.3 is 0 Å². The molecule has 2 aromatic heterocycles. The van der Waals surface area contributed by atoms with Crippen molar-refractivity contribution in [3.63, 3.8) is 0 Å². The lowest BCUT2D eigenvalue weighted by molar-refractivity contribution is -0.126. The Labute approximate surface area is 268 Å². The van der Waals surface area contributed by atoms with Gasteiger partial charge < -0.3 is 35.9 Å². The van der Waals surface area contributed by atoms with E-state index < -0.39 is 11.7 Å². The molecule has 246 valence electrons. The average Bonchev–Trinajstić information content (AvgIpc) is 3.56. The lowest BCUT2D eigenvalue weighted by Crippen LogP contribution is -2.49. The van der Waals surface area contributed by atoms with Crippen LogP contribution in [0.25, 0.3) is 11.4 Å². The maximum absolute atomic E-state index is 15.0. The number of rotatable bonds is 8. The number of hydrogen-bond acceptors (Lipinski definition) is 9. The molecule has 2 saturated heterocycles. The van der Waals surface area contributed by atoms with Crippen molar-refractivity contribution in [1.29, 1.82) is 0 Å². The summed E-state index contributed by atoms with van der Waals surface area (Å²) in [6.07, 6.45) is 8.78. The molecule has 46 heavy (non-hydrogen) atoms. The van der Waals surface area contributed by atoms with Crippen LogP contribution in [0.2, 0.25) is 0 Å². The smallest absolute Gasteiger partial charge is 0.291 e. The molecule has 5 N–H and O–H groups in total. The SMILES string of the molecule is Cc1nc(-c2cnc(C(=O)Nc3cccc(F)c3N3CCO[C@@H](CN)C3)[nH]2)cc(N2C[C@@H](C(=O)NC3CCCCC3)CC[C@H]2C)n1. The number of benzene rings is 1. The third-order valence-corrected chi connectivity index (χ3v) is 9.34. The van der Waals surface area contributed by atoms with Crippen LogP contribution in [0.5, 0.6) is 0 Å². The van der Waals surface area contributed by atoms with Gasteiger partial charge in [-0.15, -0.1) is 0 Å². The van der Waals surface area contributed by atoms with Gasteiger partial charge in [-0.25, -0.2) is 19.3 Å². The van der Waals surface area contributed by atoms with Crippen molar-refractivity contribution in [1.82, 2.24) is 25.3 Å². The van der Waals surface area contributed by atoms with Crippen molar-refractivity contribution in [2.75, 3.05) is 47.9 Å². The molecule has 1 saturated carbocycles. The zero-order valence-corrected chi connectivity index (χ0v) is 26.6. The summed E-state index contributed by atoms with van der Waals surface area (Å²) in [5.41, 5.74) is 7.55. The number of hydrogen-bond donors (Lipinski definition) is 4. The molecule has 13 heteroatoms. The highest BCUT2D eigenvalue weighted by molar-refractivity contribution is 6.04. The van der Waals surface area contributed by atoms with E-state index in [2.05, 4.69) is 37.4 Å². The molecule has 2 aliphatic heterocycles. The predicted molar refractivity (Wildman–Crippen MR) is 174 cm³/mol. The fraction of sp³-hybridized carbons (Fsp3) is 0.545. The molecule has 6 rings (SSSR count). The van der Waals surface area contributed by atoms with Crippen LogP contribution in [0, 0.1) is 18.7 Å². The number of halogens is 1. The van der Waals surface area contributed by atoms with Gasteiger partial charge in [-0.2, -0.15) is 0 Å². The van der Waals surface area contributed by atoms with Gasteiger partial charge in [-0.3, -0.25) is 9.59 Å². The number of nitrogens with one attached hydrogen (secondary N) is 3. The Morgan fingerprint density at radius 3 is 2.76 bits per heavy atom. The zero-order chi connectivity index (χ0) is 32.2. The third kappa shape index (κ3) is 7.15. The lowest BCUT2D eigenvalue weighted by atomic mass is 9.91. The minimum Gasteiger partial charge on any atom is -0.373 e. The molecule has 3 aliphatic rings. The summed E-state index contributed by atoms with van der Waals surface area (Å²) in [6, 6.07) is 6.94. The average molecular weight is 634 g/mol. The number of aromatic amines is 1. The number of carbonyl (C=O) groups is 2. The number of carbonyl (C=O) groups excluding carboxylic acids is 2. The Bertz CT molecular complexity index is 1540. The minimum atomic E-state index is -0.510. The van der Waals surface area contributed by atoms with Gasteiger partial charge in [0.05, 0.1) is 47.6 Å². The number of para-hydroxylation sites is 1. The molecular weight excluding hydrogens is 589 g/mol.